The van der Waals surface area contributed by atoms with Crippen LogP contribution in [-0.4, -0.2) is 43.0 Å². The molecule has 1 aliphatic rings. The average molecular weight is 240 g/mol. The van der Waals surface area contributed by atoms with E-state index in [1.807, 2.05) is 0 Å². The number of carbonyl (C=O) groups excluding carboxylic acids is 3. The van der Waals surface area contributed by atoms with Gasteiger partial charge in [0.2, 0.25) is 11.6 Å². The lowest BCUT2D eigenvalue weighted by atomic mass is 9.93. The molecule has 0 heterocycles. The lowest BCUT2D eigenvalue weighted by Gasteiger charge is -2.19. The minimum atomic E-state index is -1.23. The van der Waals surface area contributed by atoms with E-state index in [4.69, 9.17) is 4.74 Å². The highest BCUT2D eigenvalue weighted by atomic mass is 16.6. The molecule has 0 aromatic heterocycles. The van der Waals surface area contributed by atoms with Crippen molar-refractivity contribution in [3.05, 3.63) is 23.0 Å². The van der Waals surface area contributed by atoms with Crippen molar-refractivity contribution in [1.29, 1.82) is 0 Å². The molecule has 1 atom stereocenters. The molecule has 0 saturated heterocycles. The van der Waals surface area contributed by atoms with Gasteiger partial charge in [-0.15, -0.1) is 0 Å². The van der Waals surface area contributed by atoms with Crippen LogP contribution in [0.1, 0.15) is 6.92 Å². The van der Waals surface area contributed by atoms with Crippen molar-refractivity contribution in [2.45, 2.75) is 13.0 Å². The van der Waals surface area contributed by atoms with Crippen LogP contribution in [0.15, 0.2) is 23.0 Å². The Kier molecular flexibility index (Phi) is 3.80. The Morgan fingerprint density at radius 2 is 1.94 bits per heavy atom. The van der Waals surface area contributed by atoms with Gasteiger partial charge in [-0.05, 0) is 13.0 Å². The minimum absolute atomic E-state index is 0.0681. The van der Waals surface area contributed by atoms with Crippen LogP contribution >= 0.6 is 0 Å². The summed E-state index contributed by atoms with van der Waals surface area (Å²) in [6.07, 6.45) is -0.345. The van der Waals surface area contributed by atoms with E-state index in [0.717, 1.165) is 13.2 Å². The molecule has 6 nitrogen and oxygen atoms in total. The monoisotopic (exact) mass is 240 g/mol. The zero-order valence-electron chi connectivity index (χ0n) is 9.64. The minimum Gasteiger partial charge on any atom is -0.507 e. The summed E-state index contributed by atoms with van der Waals surface area (Å²) >= 11 is 0. The van der Waals surface area contributed by atoms with Gasteiger partial charge < -0.3 is 14.6 Å². The van der Waals surface area contributed by atoms with Crippen LogP contribution in [0.2, 0.25) is 0 Å². The molecule has 1 aliphatic carbocycles. The fraction of sp³-hybridized carbons (Fsp3) is 0.364. The van der Waals surface area contributed by atoms with Gasteiger partial charge in [-0.2, -0.15) is 0 Å². The Morgan fingerprint density at radius 3 is 2.41 bits per heavy atom. The van der Waals surface area contributed by atoms with Crippen LogP contribution in [0.5, 0.6) is 0 Å². The Labute approximate surface area is 97.5 Å². The second-order valence-electron chi connectivity index (χ2n) is 3.41. The maximum atomic E-state index is 11.4. The number of aliphatic hydroxyl groups is 1. The maximum Gasteiger partial charge on any atom is 0.339 e. The summed E-state index contributed by atoms with van der Waals surface area (Å²) in [6.45, 7) is 1.30. The summed E-state index contributed by atoms with van der Waals surface area (Å²) in [5, 5.41) is 9.72. The summed E-state index contributed by atoms with van der Waals surface area (Å²) in [4.78, 5) is 33.9. The fourth-order valence-corrected chi connectivity index (χ4v) is 1.44. The number of aliphatic hydroxyl groups excluding tert-OH is 1. The highest BCUT2D eigenvalue weighted by Gasteiger charge is 2.33. The molecule has 17 heavy (non-hydrogen) atoms. The van der Waals surface area contributed by atoms with Gasteiger partial charge in [-0.1, -0.05) is 0 Å². The molecule has 0 radical (unpaired) electrons. The number of allylic oxidation sites excluding steroid dienone is 2. The lowest BCUT2D eigenvalue weighted by molar-refractivity contribution is -0.150. The molecule has 0 aliphatic heterocycles. The third-order valence-corrected chi connectivity index (χ3v) is 2.41. The SMILES string of the molecule is COC(=O)[C@H](OC)C1=CC(=O)C(=O)C(C)=C1O. The number of Topliss-reactive ketones (excluding diaryl/α,β-unsaturated/α-hetero) is 1. The van der Waals surface area contributed by atoms with Crippen molar-refractivity contribution < 1.29 is 29.0 Å². The molecule has 0 aromatic rings. The van der Waals surface area contributed by atoms with Gasteiger partial charge in [-0.3, -0.25) is 9.59 Å². The van der Waals surface area contributed by atoms with E-state index in [1.54, 1.807) is 0 Å². The van der Waals surface area contributed by atoms with Gasteiger partial charge >= 0.3 is 5.97 Å². The molecular weight excluding hydrogens is 228 g/mol. The van der Waals surface area contributed by atoms with Crippen LogP contribution in [0, 0.1) is 0 Å². The third kappa shape index (κ3) is 2.26. The second-order valence-corrected chi connectivity index (χ2v) is 3.41. The zero-order valence-corrected chi connectivity index (χ0v) is 9.64. The Morgan fingerprint density at radius 1 is 1.35 bits per heavy atom. The number of hydrogen-bond donors (Lipinski definition) is 1. The number of ketones is 2. The van der Waals surface area contributed by atoms with Crippen LogP contribution in [0.25, 0.3) is 0 Å². The molecule has 6 heteroatoms. The van der Waals surface area contributed by atoms with Crippen molar-refractivity contribution in [2.75, 3.05) is 14.2 Å². The first-order valence-corrected chi connectivity index (χ1v) is 4.75. The Balaban J connectivity index is 3.21. The lowest BCUT2D eigenvalue weighted by Crippen LogP contribution is -2.32. The first-order valence-electron chi connectivity index (χ1n) is 4.75. The van der Waals surface area contributed by atoms with E-state index in [9.17, 15) is 19.5 Å². The predicted molar refractivity (Wildman–Crippen MR) is 56.2 cm³/mol. The molecular formula is C11H12O6. The normalized spacial score (nSPS) is 17.9. The molecule has 0 spiro atoms. The van der Waals surface area contributed by atoms with Crippen molar-refractivity contribution >= 4 is 17.5 Å². The topological polar surface area (TPSA) is 89.9 Å². The van der Waals surface area contributed by atoms with Crippen molar-refractivity contribution in [3.63, 3.8) is 0 Å². The summed E-state index contributed by atoms with van der Waals surface area (Å²) in [6, 6.07) is 0. The van der Waals surface area contributed by atoms with Gasteiger partial charge in [0.15, 0.2) is 6.10 Å². The first-order chi connectivity index (χ1) is 7.93. The van der Waals surface area contributed by atoms with Crippen molar-refractivity contribution in [2.24, 2.45) is 0 Å². The highest BCUT2D eigenvalue weighted by Crippen LogP contribution is 2.23. The van der Waals surface area contributed by atoms with Crippen LogP contribution in [-0.2, 0) is 23.9 Å². The van der Waals surface area contributed by atoms with E-state index >= 15 is 0 Å². The molecule has 0 saturated carbocycles. The van der Waals surface area contributed by atoms with E-state index in [2.05, 4.69) is 4.74 Å². The quantitative estimate of drug-likeness (QED) is 0.427. The average Bonchev–Trinajstić information content (AvgIpc) is 2.33. The van der Waals surface area contributed by atoms with E-state index in [1.165, 1.54) is 14.0 Å². The maximum absolute atomic E-state index is 11.4. The van der Waals surface area contributed by atoms with Gasteiger partial charge in [-0.25, -0.2) is 4.79 Å². The fourth-order valence-electron chi connectivity index (χ4n) is 1.44. The number of ether oxygens (including phenoxy) is 2. The standard InChI is InChI=1S/C11H12O6/c1-5-8(13)6(4-7(12)9(5)14)10(16-2)11(15)17-3/h4,10,13H,1-3H3/t10-/m1/s1. The Bertz CT molecular complexity index is 443. The Hall–Kier alpha value is -1.95. The number of carbonyl (C=O) groups is 3. The van der Waals surface area contributed by atoms with Gasteiger partial charge in [0, 0.05) is 18.3 Å². The summed E-state index contributed by atoms with van der Waals surface area (Å²) in [5.41, 5.74) is -0.181. The number of esters is 1. The van der Waals surface area contributed by atoms with Gasteiger partial charge in [0.25, 0.3) is 0 Å². The highest BCUT2D eigenvalue weighted by molar-refractivity contribution is 6.48. The number of rotatable bonds is 3. The number of methoxy groups -OCH3 is 2. The predicted octanol–water partition coefficient (Wildman–Crippen LogP) is 0.0846. The molecule has 0 bridgehead atoms. The van der Waals surface area contributed by atoms with Gasteiger partial charge in [0.05, 0.1) is 7.11 Å². The van der Waals surface area contributed by atoms with Gasteiger partial charge in [0.1, 0.15) is 5.76 Å². The summed E-state index contributed by atoms with van der Waals surface area (Å²) in [7, 11) is 2.38. The molecule has 0 unspecified atom stereocenters. The molecule has 92 valence electrons. The summed E-state index contributed by atoms with van der Waals surface area (Å²) < 4.78 is 9.31. The van der Waals surface area contributed by atoms with E-state index < -0.39 is 29.4 Å². The van der Waals surface area contributed by atoms with E-state index in [-0.39, 0.29) is 11.1 Å². The third-order valence-electron chi connectivity index (χ3n) is 2.41. The van der Waals surface area contributed by atoms with Crippen LogP contribution in [0.4, 0.5) is 0 Å². The van der Waals surface area contributed by atoms with Crippen LogP contribution < -0.4 is 0 Å². The van der Waals surface area contributed by atoms with Crippen LogP contribution in [0.3, 0.4) is 0 Å². The smallest absolute Gasteiger partial charge is 0.339 e. The molecule has 1 N–H and O–H groups in total. The second kappa shape index (κ2) is 4.92. The first kappa shape index (κ1) is 13.1. The number of hydrogen-bond acceptors (Lipinski definition) is 6. The van der Waals surface area contributed by atoms with Crippen molar-refractivity contribution in [3.8, 4) is 0 Å². The zero-order chi connectivity index (χ0) is 13.2. The van der Waals surface area contributed by atoms with Crippen molar-refractivity contribution in [1.82, 2.24) is 0 Å². The molecule has 0 aromatic carbocycles. The largest absolute Gasteiger partial charge is 0.507 e. The molecule has 1 rings (SSSR count). The molecule has 0 amide bonds. The molecule has 0 fully saturated rings. The summed E-state index contributed by atoms with van der Waals surface area (Å²) in [5.74, 6) is -2.79. The van der Waals surface area contributed by atoms with E-state index in [0.29, 0.717) is 0 Å².